The van der Waals surface area contributed by atoms with Gasteiger partial charge in [-0.25, -0.2) is 9.78 Å². The predicted molar refractivity (Wildman–Crippen MR) is 78.5 cm³/mol. The van der Waals surface area contributed by atoms with Crippen LogP contribution in [0.3, 0.4) is 0 Å². The van der Waals surface area contributed by atoms with Gasteiger partial charge in [0.2, 0.25) is 0 Å². The van der Waals surface area contributed by atoms with E-state index in [0.29, 0.717) is 23.6 Å². The molecule has 5 nitrogen and oxygen atoms in total. The van der Waals surface area contributed by atoms with Crippen molar-refractivity contribution >= 4 is 17.3 Å². The van der Waals surface area contributed by atoms with E-state index in [1.807, 2.05) is 6.92 Å². The number of aromatic carboxylic acids is 1. The van der Waals surface area contributed by atoms with Crippen LogP contribution in [0.15, 0.2) is 0 Å². The number of aromatic nitrogens is 1. The van der Waals surface area contributed by atoms with Crippen molar-refractivity contribution < 1.29 is 14.6 Å². The van der Waals surface area contributed by atoms with Gasteiger partial charge < -0.3 is 9.84 Å². The van der Waals surface area contributed by atoms with E-state index in [1.165, 1.54) is 11.3 Å². The lowest BCUT2D eigenvalue weighted by molar-refractivity contribution is -0.0299. The van der Waals surface area contributed by atoms with E-state index in [9.17, 15) is 9.90 Å². The quantitative estimate of drug-likeness (QED) is 0.874. The van der Waals surface area contributed by atoms with E-state index in [4.69, 9.17) is 4.74 Å². The number of morpholine rings is 1. The topological polar surface area (TPSA) is 62.7 Å². The van der Waals surface area contributed by atoms with Crippen LogP contribution < -0.4 is 0 Å². The van der Waals surface area contributed by atoms with Crippen molar-refractivity contribution in [3.63, 3.8) is 0 Å². The van der Waals surface area contributed by atoms with Crippen molar-refractivity contribution in [3.8, 4) is 0 Å². The minimum atomic E-state index is -0.876. The van der Waals surface area contributed by atoms with Gasteiger partial charge in [-0.2, -0.15) is 0 Å². The monoisotopic (exact) mass is 298 g/mol. The average Bonchev–Trinajstić information content (AvgIpc) is 2.84. The van der Waals surface area contributed by atoms with E-state index in [2.05, 4.69) is 16.8 Å². The highest BCUT2D eigenvalue weighted by molar-refractivity contribution is 7.13. The summed E-state index contributed by atoms with van der Waals surface area (Å²) < 4.78 is 5.78. The van der Waals surface area contributed by atoms with Crippen LogP contribution in [0.1, 0.15) is 53.2 Å². The molecule has 0 amide bonds. The molecule has 1 saturated heterocycles. The molecule has 0 saturated carbocycles. The lowest BCUT2D eigenvalue weighted by atomic mass is 10.2. The molecule has 0 radical (unpaired) electrons. The maximum atomic E-state index is 11.3. The Morgan fingerprint density at radius 1 is 1.50 bits per heavy atom. The first kappa shape index (κ1) is 15.4. The van der Waals surface area contributed by atoms with Gasteiger partial charge in [-0.1, -0.05) is 20.3 Å². The maximum absolute atomic E-state index is 11.3. The smallest absolute Gasteiger partial charge is 0.347 e. The Bertz CT molecular complexity index is 459. The summed E-state index contributed by atoms with van der Waals surface area (Å²) >= 11 is 1.27. The average molecular weight is 298 g/mol. The molecule has 1 aromatic heterocycles. The molecule has 1 aliphatic rings. The second-order valence-corrected chi connectivity index (χ2v) is 6.07. The van der Waals surface area contributed by atoms with Gasteiger partial charge in [0.1, 0.15) is 16.0 Å². The second kappa shape index (κ2) is 7.15. The van der Waals surface area contributed by atoms with Gasteiger partial charge in [0.05, 0.1) is 12.3 Å². The van der Waals surface area contributed by atoms with Crippen LogP contribution in [0.4, 0.5) is 0 Å². The molecule has 1 aliphatic heterocycles. The highest BCUT2D eigenvalue weighted by Gasteiger charge is 2.27. The molecule has 1 N–H and O–H groups in total. The Morgan fingerprint density at radius 3 is 2.95 bits per heavy atom. The number of carboxylic acid groups (broad SMARTS) is 1. The maximum Gasteiger partial charge on any atom is 0.347 e. The Labute approximate surface area is 123 Å². The third-order valence-corrected chi connectivity index (χ3v) is 4.54. The highest BCUT2D eigenvalue weighted by atomic mass is 32.1. The molecule has 1 fully saturated rings. The summed E-state index contributed by atoms with van der Waals surface area (Å²) in [4.78, 5) is 18.5. The summed E-state index contributed by atoms with van der Waals surface area (Å²) in [5.74, 6) is -0.876. The van der Waals surface area contributed by atoms with Gasteiger partial charge >= 0.3 is 5.97 Å². The number of ether oxygens (including phenoxy) is 1. The molecule has 0 spiro atoms. The summed E-state index contributed by atoms with van der Waals surface area (Å²) in [5, 5.41) is 10.1. The van der Waals surface area contributed by atoms with Crippen molar-refractivity contribution in [1.29, 1.82) is 0 Å². The fourth-order valence-corrected chi connectivity index (χ4v) is 3.44. The minimum absolute atomic E-state index is 0.0796. The van der Waals surface area contributed by atoms with Gasteiger partial charge in [0.25, 0.3) is 0 Å². The fourth-order valence-electron chi connectivity index (χ4n) is 2.45. The van der Waals surface area contributed by atoms with Crippen molar-refractivity contribution in [2.75, 3.05) is 26.2 Å². The molecule has 0 aromatic carbocycles. The molecular weight excluding hydrogens is 276 g/mol. The minimum Gasteiger partial charge on any atom is -0.477 e. The van der Waals surface area contributed by atoms with Crippen LogP contribution in [0.25, 0.3) is 0 Å². The van der Waals surface area contributed by atoms with Crippen LogP contribution in [-0.2, 0) is 11.2 Å². The van der Waals surface area contributed by atoms with Crippen LogP contribution in [0.2, 0.25) is 0 Å². The molecule has 20 heavy (non-hydrogen) atoms. The zero-order chi connectivity index (χ0) is 14.5. The first-order chi connectivity index (χ1) is 9.65. The zero-order valence-corrected chi connectivity index (χ0v) is 12.9. The van der Waals surface area contributed by atoms with E-state index >= 15 is 0 Å². The van der Waals surface area contributed by atoms with E-state index in [1.54, 1.807) is 0 Å². The Morgan fingerprint density at radius 2 is 2.30 bits per heavy atom. The molecule has 1 aromatic rings. The van der Waals surface area contributed by atoms with Crippen LogP contribution in [-0.4, -0.2) is 47.2 Å². The number of aryl methyl sites for hydroxylation is 1. The Balaban J connectivity index is 2.15. The summed E-state index contributed by atoms with van der Waals surface area (Å²) in [6.45, 7) is 7.70. The van der Waals surface area contributed by atoms with Crippen molar-refractivity contribution in [2.45, 2.75) is 39.2 Å². The first-order valence-corrected chi connectivity index (χ1v) is 8.04. The Kier molecular flexibility index (Phi) is 5.51. The highest BCUT2D eigenvalue weighted by Crippen LogP contribution is 2.29. The number of rotatable bonds is 6. The van der Waals surface area contributed by atoms with Gasteiger partial charge in [-0.05, 0) is 19.4 Å². The number of carboxylic acids is 1. The fraction of sp³-hybridized carbons (Fsp3) is 0.714. The van der Waals surface area contributed by atoms with Gasteiger partial charge in [0.15, 0.2) is 0 Å². The van der Waals surface area contributed by atoms with Gasteiger partial charge in [0, 0.05) is 13.1 Å². The standard InChI is InChI=1S/C14H22N2O3S/c1-3-5-10-12(14(17)18)20-13(15-10)11-9-16(6-4-2)7-8-19-11/h11H,3-9H2,1-2H3,(H,17,18). The molecular formula is C14H22N2O3S. The molecule has 0 aliphatic carbocycles. The number of hydrogen-bond donors (Lipinski definition) is 1. The molecule has 2 heterocycles. The summed E-state index contributed by atoms with van der Waals surface area (Å²) in [5.41, 5.74) is 0.705. The largest absolute Gasteiger partial charge is 0.477 e. The van der Waals surface area contributed by atoms with Gasteiger partial charge in [-0.15, -0.1) is 11.3 Å². The SMILES string of the molecule is CCCc1nc(C2CN(CCC)CCO2)sc1C(=O)O. The molecule has 1 atom stereocenters. The van der Waals surface area contributed by atoms with Crippen LogP contribution in [0, 0.1) is 0 Å². The second-order valence-electron chi connectivity index (χ2n) is 5.04. The number of carbonyl (C=O) groups is 1. The summed E-state index contributed by atoms with van der Waals surface area (Å²) in [7, 11) is 0. The first-order valence-electron chi connectivity index (χ1n) is 7.22. The lowest BCUT2D eigenvalue weighted by Crippen LogP contribution is -2.38. The summed E-state index contributed by atoms with van der Waals surface area (Å²) in [6, 6.07) is 0. The number of hydrogen-bond acceptors (Lipinski definition) is 5. The zero-order valence-electron chi connectivity index (χ0n) is 12.1. The Hall–Kier alpha value is -0.980. The molecule has 6 heteroatoms. The van der Waals surface area contributed by atoms with Crippen LogP contribution in [0.5, 0.6) is 0 Å². The summed E-state index contributed by atoms with van der Waals surface area (Å²) in [6.07, 6.45) is 2.65. The lowest BCUT2D eigenvalue weighted by Gasteiger charge is -2.31. The molecule has 2 rings (SSSR count). The molecule has 0 bridgehead atoms. The predicted octanol–water partition coefficient (Wildman–Crippen LogP) is 2.58. The van der Waals surface area contributed by atoms with Crippen molar-refractivity contribution in [1.82, 2.24) is 9.88 Å². The third-order valence-electron chi connectivity index (χ3n) is 3.36. The number of nitrogens with zero attached hydrogens (tertiary/aromatic N) is 2. The molecule has 112 valence electrons. The van der Waals surface area contributed by atoms with Crippen molar-refractivity contribution in [3.05, 3.63) is 15.6 Å². The van der Waals surface area contributed by atoms with Crippen LogP contribution >= 0.6 is 11.3 Å². The molecule has 1 unspecified atom stereocenters. The normalized spacial score (nSPS) is 20.2. The van der Waals surface area contributed by atoms with Gasteiger partial charge in [-0.3, -0.25) is 4.90 Å². The van der Waals surface area contributed by atoms with E-state index in [-0.39, 0.29) is 6.10 Å². The number of thiazole rings is 1. The van der Waals surface area contributed by atoms with E-state index < -0.39 is 5.97 Å². The van der Waals surface area contributed by atoms with Crippen molar-refractivity contribution in [2.24, 2.45) is 0 Å². The third kappa shape index (κ3) is 3.56. The van der Waals surface area contributed by atoms with E-state index in [0.717, 1.165) is 37.5 Å².